The molecule has 9 nitrogen and oxygen atoms in total. The van der Waals surface area contributed by atoms with E-state index in [9.17, 15) is 30.0 Å². The maximum absolute atomic E-state index is 13.3. The van der Waals surface area contributed by atoms with E-state index in [0.717, 1.165) is 5.56 Å². The number of fused-ring (bicyclic) bond motifs is 2. The Morgan fingerprint density at radius 3 is 1.64 bits per heavy atom. The van der Waals surface area contributed by atoms with E-state index in [1.807, 2.05) is 6.92 Å². The summed E-state index contributed by atoms with van der Waals surface area (Å²) < 4.78 is 12.3. The van der Waals surface area contributed by atoms with Gasteiger partial charge in [-0.2, -0.15) is 4.57 Å². The van der Waals surface area contributed by atoms with E-state index < -0.39 is 56.5 Å². The normalized spacial score (nSPS) is 11.3. The van der Waals surface area contributed by atoms with Crippen LogP contribution < -0.4 is 15.8 Å². The summed E-state index contributed by atoms with van der Waals surface area (Å²) >= 11 is 0. The van der Waals surface area contributed by atoms with Gasteiger partial charge in [0.05, 0.1) is 22.4 Å². The number of rotatable bonds is 3. The van der Waals surface area contributed by atoms with Crippen molar-refractivity contribution in [3.63, 3.8) is 0 Å². The van der Waals surface area contributed by atoms with Crippen molar-refractivity contribution < 1.29 is 33.8 Å². The van der Waals surface area contributed by atoms with Crippen molar-refractivity contribution >= 4 is 21.9 Å². The highest BCUT2D eigenvalue weighted by molar-refractivity contribution is 6.02. The Morgan fingerprint density at radius 1 is 0.615 bits per heavy atom. The number of aromatic hydroxyl groups is 4. The predicted molar refractivity (Wildman–Crippen MR) is 142 cm³/mol. The first kappa shape index (κ1) is 23.8. The summed E-state index contributed by atoms with van der Waals surface area (Å²) in [5, 5.41) is 45.7. The van der Waals surface area contributed by atoms with E-state index in [4.69, 9.17) is 8.83 Å². The second-order valence-electron chi connectivity index (χ2n) is 9.01. The Bertz CT molecular complexity index is 2060. The second kappa shape index (κ2) is 8.77. The van der Waals surface area contributed by atoms with Crippen LogP contribution in [0.1, 0.15) is 5.56 Å². The molecular weight excluding hydrogens is 502 g/mol. The highest BCUT2D eigenvalue weighted by Gasteiger charge is 2.33. The van der Waals surface area contributed by atoms with Crippen LogP contribution in [0, 0.1) is 6.92 Å². The van der Waals surface area contributed by atoms with E-state index in [1.54, 1.807) is 48.8 Å². The van der Waals surface area contributed by atoms with Crippen LogP contribution in [-0.2, 0) is 0 Å². The van der Waals surface area contributed by atoms with E-state index in [0.29, 0.717) is 0 Å². The summed E-state index contributed by atoms with van der Waals surface area (Å²) in [6.07, 6.45) is 3.25. The quantitative estimate of drug-likeness (QED) is 0.149. The number of aryl methyl sites for hydroxylation is 1. The average Bonchev–Trinajstić information content (AvgIpc) is 2.92. The summed E-state index contributed by atoms with van der Waals surface area (Å²) in [5.74, 6) is -2.23. The third-order valence-corrected chi connectivity index (χ3v) is 6.60. The number of hydrogen-bond donors (Lipinski definition) is 4. The summed E-state index contributed by atoms with van der Waals surface area (Å²) in [5.41, 5.74) is -2.81. The maximum Gasteiger partial charge on any atom is 0.348 e. The van der Waals surface area contributed by atoms with Crippen molar-refractivity contribution in [1.29, 1.82) is 0 Å². The lowest BCUT2D eigenvalue weighted by Crippen LogP contribution is -2.29. The van der Waals surface area contributed by atoms with Gasteiger partial charge in [-0.15, -0.1) is 0 Å². The van der Waals surface area contributed by atoms with Gasteiger partial charge in [0.15, 0.2) is 18.1 Å². The van der Waals surface area contributed by atoms with Crippen LogP contribution >= 0.6 is 0 Å². The largest absolute Gasteiger partial charge is 0.507 e. The molecule has 0 unspecified atom stereocenters. The molecule has 39 heavy (non-hydrogen) atoms. The van der Waals surface area contributed by atoms with Gasteiger partial charge in [0.1, 0.15) is 39.5 Å². The van der Waals surface area contributed by atoms with Crippen molar-refractivity contribution in [2.24, 2.45) is 0 Å². The topological polar surface area (TPSA) is 145 Å². The van der Waals surface area contributed by atoms with Crippen LogP contribution in [0.3, 0.4) is 0 Å². The predicted octanol–water partition coefficient (Wildman–Crippen LogP) is 4.64. The van der Waals surface area contributed by atoms with Crippen LogP contribution in [0.15, 0.2) is 97.5 Å². The monoisotopic (exact) mass is 522 g/mol. The molecule has 0 bridgehead atoms. The Hall–Kier alpha value is -5.57. The molecule has 0 aliphatic rings. The molecule has 192 valence electrons. The first-order valence-electron chi connectivity index (χ1n) is 11.8. The number of aromatic nitrogens is 1. The zero-order chi connectivity index (χ0) is 27.4. The first-order valence-corrected chi connectivity index (χ1v) is 11.8. The van der Waals surface area contributed by atoms with Crippen LogP contribution in [0.25, 0.3) is 49.9 Å². The van der Waals surface area contributed by atoms with Crippen molar-refractivity contribution in [2.75, 3.05) is 0 Å². The Balaban J connectivity index is 1.80. The molecule has 0 radical (unpaired) electrons. The molecule has 0 aliphatic heterocycles. The number of phenols is 2. The highest BCUT2D eigenvalue weighted by atomic mass is 16.4. The molecule has 9 heteroatoms. The molecule has 3 aromatic carbocycles. The van der Waals surface area contributed by atoms with Crippen molar-refractivity contribution in [3.05, 3.63) is 106 Å². The molecular formula is C30H20NO8+. The zero-order valence-electron chi connectivity index (χ0n) is 20.4. The SMILES string of the molecule is Cc1cc[n+](-c2cc(O)c(-c3c(O)c4ccccc4oc3=O)c(-c3c(O)c4ccccc4oc3=O)c2O)cc1. The van der Waals surface area contributed by atoms with Crippen LogP contribution in [0.2, 0.25) is 0 Å². The third-order valence-electron chi connectivity index (χ3n) is 6.60. The minimum Gasteiger partial charge on any atom is -0.507 e. The van der Waals surface area contributed by atoms with Gasteiger partial charge in [-0.1, -0.05) is 24.3 Å². The standard InChI is InChI=1S/C30H19NO8/c1-15-10-12-31(13-11-15)18-14-19(32)22(24-26(33)16-6-2-4-8-20(16)38-29(24)36)23(28(18)35)25-27(34)17-7-3-5-9-21(17)39-30(25)37/h2-14H,1H3,(H3-,32,33,34,35,36,37)/p+1. The molecule has 0 aliphatic carbocycles. The number of para-hydroxylation sites is 2. The van der Waals surface area contributed by atoms with Crippen LogP contribution in [0.4, 0.5) is 0 Å². The lowest BCUT2D eigenvalue weighted by molar-refractivity contribution is -0.596. The molecule has 6 rings (SSSR count). The summed E-state index contributed by atoms with van der Waals surface area (Å²) in [7, 11) is 0. The van der Waals surface area contributed by atoms with E-state index in [2.05, 4.69) is 0 Å². The number of hydrogen-bond acceptors (Lipinski definition) is 8. The van der Waals surface area contributed by atoms with Gasteiger partial charge in [0.25, 0.3) is 5.69 Å². The summed E-state index contributed by atoms with van der Waals surface area (Å²) in [4.78, 5) is 26.5. The molecule has 3 aromatic heterocycles. The number of nitrogens with zero attached hydrogens (tertiary/aromatic N) is 1. The van der Waals surface area contributed by atoms with E-state index in [-0.39, 0.29) is 27.6 Å². The molecule has 4 N–H and O–H groups in total. The fourth-order valence-electron chi connectivity index (χ4n) is 4.71. The van der Waals surface area contributed by atoms with E-state index >= 15 is 0 Å². The molecule has 0 saturated heterocycles. The van der Waals surface area contributed by atoms with Gasteiger partial charge in [0.2, 0.25) is 0 Å². The smallest absolute Gasteiger partial charge is 0.348 e. The van der Waals surface area contributed by atoms with Crippen LogP contribution in [-0.4, -0.2) is 20.4 Å². The number of pyridine rings is 1. The van der Waals surface area contributed by atoms with Gasteiger partial charge >= 0.3 is 11.3 Å². The average molecular weight is 522 g/mol. The molecule has 0 saturated carbocycles. The van der Waals surface area contributed by atoms with E-state index in [1.165, 1.54) is 34.9 Å². The minimum atomic E-state index is -1.04. The van der Waals surface area contributed by atoms with Gasteiger partial charge in [-0.25, -0.2) is 9.59 Å². The maximum atomic E-state index is 13.3. The van der Waals surface area contributed by atoms with Gasteiger partial charge in [-0.05, 0) is 36.8 Å². The molecule has 0 atom stereocenters. The number of phenolic OH excluding ortho intramolecular Hbond substituents is 2. The second-order valence-corrected chi connectivity index (χ2v) is 9.01. The Labute approximate surface area is 219 Å². The fraction of sp³-hybridized carbons (Fsp3) is 0.0333. The van der Waals surface area contributed by atoms with Crippen molar-refractivity contribution in [3.8, 4) is 50.9 Å². The number of benzene rings is 3. The first-order chi connectivity index (χ1) is 18.8. The zero-order valence-corrected chi connectivity index (χ0v) is 20.4. The lowest BCUT2D eigenvalue weighted by Gasteiger charge is -2.16. The van der Waals surface area contributed by atoms with Crippen molar-refractivity contribution in [1.82, 2.24) is 0 Å². The van der Waals surface area contributed by atoms with Crippen molar-refractivity contribution in [2.45, 2.75) is 6.92 Å². The summed E-state index contributed by atoms with van der Waals surface area (Å²) in [6.45, 7) is 1.87. The molecule has 6 aromatic rings. The Kier molecular flexibility index (Phi) is 5.35. The minimum absolute atomic E-state index is 0.0304. The highest BCUT2D eigenvalue weighted by Crippen LogP contribution is 2.50. The molecule has 0 fully saturated rings. The van der Waals surface area contributed by atoms with Gasteiger partial charge in [0, 0.05) is 17.7 Å². The molecule has 3 heterocycles. The summed E-state index contributed by atoms with van der Waals surface area (Å²) in [6, 6.07) is 17.2. The molecule has 0 spiro atoms. The fourth-order valence-corrected chi connectivity index (χ4v) is 4.71. The van der Waals surface area contributed by atoms with Gasteiger partial charge in [-0.3, -0.25) is 0 Å². The van der Waals surface area contributed by atoms with Gasteiger partial charge < -0.3 is 29.3 Å². The van der Waals surface area contributed by atoms with Crippen LogP contribution in [0.5, 0.6) is 23.0 Å². The Morgan fingerprint density at radius 2 is 1.10 bits per heavy atom. The lowest BCUT2D eigenvalue weighted by atomic mass is 9.91. The molecule has 0 amide bonds. The third kappa shape index (κ3) is 3.67.